The average molecular weight is 195 g/mol. The number of hydrogen-bond acceptors (Lipinski definition) is 2. The fraction of sp³-hybridized carbons (Fsp3) is 0.300. The molecule has 70 valence electrons. The van der Waals surface area contributed by atoms with Gasteiger partial charge in [-0.15, -0.1) is 0 Å². The van der Waals surface area contributed by atoms with Crippen LogP contribution >= 0.6 is 11.3 Å². The Bertz CT molecular complexity index is 441. The van der Waals surface area contributed by atoms with Gasteiger partial charge < -0.3 is 4.98 Å². The van der Waals surface area contributed by atoms with Gasteiger partial charge in [0.15, 0.2) is 0 Å². The molecule has 0 atom stereocenters. The van der Waals surface area contributed by atoms with Crippen LogP contribution in [0.1, 0.15) is 19.4 Å². The van der Waals surface area contributed by atoms with Crippen LogP contribution in [0.2, 0.25) is 0 Å². The van der Waals surface area contributed by atoms with Crippen molar-refractivity contribution in [2.24, 2.45) is 0 Å². The lowest BCUT2D eigenvalue weighted by Crippen LogP contribution is -1.89. The first-order chi connectivity index (χ1) is 6.25. The Morgan fingerprint density at radius 2 is 2.00 bits per heavy atom. The first-order valence-electron chi connectivity index (χ1n) is 4.35. The van der Waals surface area contributed by atoms with Gasteiger partial charge in [0, 0.05) is 0 Å². The second-order valence-corrected chi connectivity index (χ2v) is 3.53. The molecule has 0 unspecified atom stereocenters. The third-order valence-electron chi connectivity index (χ3n) is 1.57. The molecule has 0 aliphatic carbocycles. The summed E-state index contributed by atoms with van der Waals surface area (Å²) in [5, 5.41) is 0. The van der Waals surface area contributed by atoms with Gasteiger partial charge in [-0.25, -0.2) is 0 Å². The maximum Gasteiger partial charge on any atom is 0.305 e. The number of aryl methyl sites for hydroxylation is 1. The highest BCUT2D eigenvalue weighted by atomic mass is 32.1. The SMILES string of the molecule is CC.Cc1ccc2sc(=O)[nH]c2c1. The molecule has 13 heavy (non-hydrogen) atoms. The molecule has 0 bridgehead atoms. The minimum Gasteiger partial charge on any atom is -0.312 e. The van der Waals surface area contributed by atoms with Gasteiger partial charge in [-0.2, -0.15) is 0 Å². The zero-order valence-corrected chi connectivity index (χ0v) is 8.87. The Morgan fingerprint density at radius 1 is 1.31 bits per heavy atom. The third-order valence-corrected chi connectivity index (χ3v) is 2.44. The topological polar surface area (TPSA) is 32.9 Å². The van der Waals surface area contributed by atoms with Crippen LogP contribution in [0.3, 0.4) is 0 Å². The van der Waals surface area contributed by atoms with Gasteiger partial charge in [0.2, 0.25) is 0 Å². The molecule has 1 aromatic carbocycles. The molecular formula is C10H13NOS. The quantitative estimate of drug-likeness (QED) is 0.688. The Morgan fingerprint density at radius 3 is 2.69 bits per heavy atom. The first-order valence-corrected chi connectivity index (χ1v) is 5.17. The van der Waals surface area contributed by atoms with Crippen LogP contribution in [0.5, 0.6) is 0 Å². The van der Waals surface area contributed by atoms with E-state index in [0.717, 1.165) is 10.2 Å². The maximum absolute atomic E-state index is 10.9. The number of aromatic amines is 1. The summed E-state index contributed by atoms with van der Waals surface area (Å²) in [6.07, 6.45) is 0. The number of benzene rings is 1. The molecule has 1 N–H and O–H groups in total. The smallest absolute Gasteiger partial charge is 0.305 e. The van der Waals surface area contributed by atoms with Gasteiger partial charge in [0.05, 0.1) is 10.2 Å². The van der Waals surface area contributed by atoms with Crippen molar-refractivity contribution < 1.29 is 0 Å². The number of aromatic nitrogens is 1. The van der Waals surface area contributed by atoms with Crippen LogP contribution in [-0.2, 0) is 0 Å². The molecule has 0 aliphatic rings. The van der Waals surface area contributed by atoms with E-state index in [4.69, 9.17) is 0 Å². The molecule has 0 fully saturated rings. The molecule has 0 saturated heterocycles. The lowest BCUT2D eigenvalue weighted by molar-refractivity contribution is 1.39. The Labute approximate surface area is 81.2 Å². The number of hydrogen-bond donors (Lipinski definition) is 1. The van der Waals surface area contributed by atoms with Gasteiger partial charge in [0.1, 0.15) is 0 Å². The molecule has 0 spiro atoms. The molecule has 2 aromatic rings. The second-order valence-electron chi connectivity index (χ2n) is 2.51. The summed E-state index contributed by atoms with van der Waals surface area (Å²) in [5.41, 5.74) is 2.12. The highest BCUT2D eigenvalue weighted by Crippen LogP contribution is 2.14. The van der Waals surface area contributed by atoms with Crippen molar-refractivity contribution >= 4 is 21.6 Å². The summed E-state index contributed by atoms with van der Waals surface area (Å²) in [6, 6.07) is 5.95. The molecular weight excluding hydrogens is 182 g/mol. The van der Waals surface area contributed by atoms with Gasteiger partial charge >= 0.3 is 4.87 Å². The lowest BCUT2D eigenvalue weighted by atomic mass is 10.2. The van der Waals surface area contributed by atoms with Crippen molar-refractivity contribution in [1.29, 1.82) is 0 Å². The number of nitrogens with one attached hydrogen (secondary N) is 1. The summed E-state index contributed by atoms with van der Waals surface area (Å²) >= 11 is 1.25. The highest BCUT2D eigenvalue weighted by molar-refractivity contribution is 7.16. The Kier molecular flexibility index (Phi) is 3.25. The third kappa shape index (κ3) is 2.18. The Balaban J connectivity index is 0.000000396. The summed E-state index contributed by atoms with van der Waals surface area (Å²) in [6.45, 7) is 6.01. The van der Waals surface area contributed by atoms with Crippen LogP contribution in [0.15, 0.2) is 23.0 Å². The average Bonchev–Trinajstić information content (AvgIpc) is 2.48. The number of fused-ring (bicyclic) bond motifs is 1. The van der Waals surface area contributed by atoms with Crippen LogP contribution in [-0.4, -0.2) is 4.98 Å². The van der Waals surface area contributed by atoms with E-state index >= 15 is 0 Å². The molecule has 1 heterocycles. The predicted octanol–water partition coefficient (Wildman–Crippen LogP) is 2.92. The molecule has 0 amide bonds. The van der Waals surface area contributed by atoms with Crippen molar-refractivity contribution in [3.8, 4) is 0 Å². The fourth-order valence-corrected chi connectivity index (χ4v) is 1.78. The van der Waals surface area contributed by atoms with Crippen molar-refractivity contribution in [1.82, 2.24) is 4.98 Å². The van der Waals surface area contributed by atoms with Gasteiger partial charge in [0.25, 0.3) is 0 Å². The number of thiazole rings is 1. The van der Waals surface area contributed by atoms with Crippen molar-refractivity contribution in [2.75, 3.05) is 0 Å². The largest absolute Gasteiger partial charge is 0.312 e. The van der Waals surface area contributed by atoms with E-state index in [-0.39, 0.29) is 4.87 Å². The monoisotopic (exact) mass is 195 g/mol. The van der Waals surface area contributed by atoms with E-state index in [1.807, 2.05) is 39.0 Å². The molecule has 0 saturated carbocycles. The fourth-order valence-electron chi connectivity index (χ4n) is 1.07. The minimum absolute atomic E-state index is 0.0191. The number of rotatable bonds is 0. The van der Waals surface area contributed by atoms with Crippen molar-refractivity contribution in [3.05, 3.63) is 33.4 Å². The summed E-state index contributed by atoms with van der Waals surface area (Å²) in [5.74, 6) is 0. The predicted molar refractivity (Wildman–Crippen MR) is 58.5 cm³/mol. The van der Waals surface area contributed by atoms with E-state index in [9.17, 15) is 4.79 Å². The van der Waals surface area contributed by atoms with Crippen molar-refractivity contribution in [3.63, 3.8) is 0 Å². The van der Waals surface area contributed by atoms with Gasteiger partial charge in [-0.05, 0) is 24.6 Å². The molecule has 0 radical (unpaired) electrons. The Hall–Kier alpha value is -1.09. The maximum atomic E-state index is 10.9. The first kappa shape index (κ1) is 9.99. The lowest BCUT2D eigenvalue weighted by Gasteiger charge is -1.89. The highest BCUT2D eigenvalue weighted by Gasteiger charge is 1.96. The zero-order chi connectivity index (χ0) is 9.84. The molecule has 2 nitrogen and oxygen atoms in total. The molecule has 1 aromatic heterocycles. The van der Waals surface area contributed by atoms with Crippen LogP contribution in [0.4, 0.5) is 0 Å². The van der Waals surface area contributed by atoms with Crippen molar-refractivity contribution in [2.45, 2.75) is 20.8 Å². The van der Waals surface area contributed by atoms with E-state index in [0.29, 0.717) is 0 Å². The second kappa shape index (κ2) is 4.23. The summed E-state index contributed by atoms with van der Waals surface area (Å²) in [4.78, 5) is 13.6. The van der Waals surface area contributed by atoms with E-state index in [2.05, 4.69) is 4.98 Å². The van der Waals surface area contributed by atoms with Gasteiger partial charge in [-0.1, -0.05) is 31.3 Å². The standard InChI is InChI=1S/C8H7NOS.C2H6/c1-5-2-3-7-6(4-5)9-8(10)11-7;1-2/h2-4H,1H3,(H,9,10);1-2H3. The summed E-state index contributed by atoms with van der Waals surface area (Å²) < 4.78 is 1.03. The van der Waals surface area contributed by atoms with E-state index in [1.54, 1.807) is 0 Å². The number of H-pyrrole nitrogens is 1. The molecule has 0 aliphatic heterocycles. The molecule has 3 heteroatoms. The van der Waals surface area contributed by atoms with E-state index in [1.165, 1.54) is 16.9 Å². The normalized spacial score (nSPS) is 9.46. The van der Waals surface area contributed by atoms with Gasteiger partial charge in [-0.3, -0.25) is 4.79 Å². The summed E-state index contributed by atoms with van der Waals surface area (Å²) in [7, 11) is 0. The molecule has 2 rings (SSSR count). The minimum atomic E-state index is 0.0191. The zero-order valence-electron chi connectivity index (χ0n) is 8.05. The van der Waals surface area contributed by atoms with E-state index < -0.39 is 0 Å². The van der Waals surface area contributed by atoms with Crippen LogP contribution < -0.4 is 4.87 Å². The van der Waals surface area contributed by atoms with Crippen LogP contribution in [0, 0.1) is 6.92 Å². The van der Waals surface area contributed by atoms with Crippen LogP contribution in [0.25, 0.3) is 10.2 Å².